The molecular weight excluding hydrogens is 314 g/mol. The summed E-state index contributed by atoms with van der Waals surface area (Å²) in [7, 11) is 0. The van der Waals surface area contributed by atoms with Crippen LogP contribution in [0.1, 0.15) is 31.2 Å². The van der Waals surface area contributed by atoms with Crippen molar-refractivity contribution in [3.05, 3.63) is 53.6 Å². The molecule has 0 aromatic heterocycles. The second-order valence-electron chi connectivity index (χ2n) is 6.08. The van der Waals surface area contributed by atoms with E-state index in [1.807, 2.05) is 0 Å². The lowest BCUT2D eigenvalue weighted by Crippen LogP contribution is -2.38. The summed E-state index contributed by atoms with van der Waals surface area (Å²) >= 11 is 0. The van der Waals surface area contributed by atoms with Crippen molar-refractivity contribution in [1.82, 2.24) is 0 Å². The van der Waals surface area contributed by atoms with E-state index in [0.717, 1.165) is 43.4 Å². The summed E-state index contributed by atoms with van der Waals surface area (Å²) in [5, 5.41) is 0. The van der Waals surface area contributed by atoms with Crippen LogP contribution in [-0.2, 0) is 10.2 Å². The lowest BCUT2D eigenvalue weighted by Gasteiger charge is -2.25. The van der Waals surface area contributed by atoms with Crippen LogP contribution in [0.4, 0.5) is 14.5 Å². The predicted molar refractivity (Wildman–Crippen MR) is 86.6 cm³/mol. The molecule has 24 heavy (non-hydrogen) atoms. The maximum atomic E-state index is 13.5. The van der Waals surface area contributed by atoms with Gasteiger partial charge in [-0.15, -0.1) is 0 Å². The number of halogens is 2. The van der Waals surface area contributed by atoms with E-state index in [4.69, 9.17) is 16.2 Å². The highest BCUT2D eigenvalue weighted by atomic mass is 19.1. The maximum Gasteiger partial charge on any atom is 0.228 e. The fourth-order valence-electron chi connectivity index (χ4n) is 3.25. The second-order valence-corrected chi connectivity index (χ2v) is 6.08. The molecule has 0 spiro atoms. The molecule has 4 N–H and O–H groups in total. The minimum Gasteiger partial charge on any atom is -0.457 e. The van der Waals surface area contributed by atoms with Crippen molar-refractivity contribution in [3.8, 4) is 11.5 Å². The van der Waals surface area contributed by atoms with Gasteiger partial charge in [0.15, 0.2) is 11.6 Å². The summed E-state index contributed by atoms with van der Waals surface area (Å²) in [6, 6.07) is 8.91. The topological polar surface area (TPSA) is 78.3 Å². The third-order valence-electron chi connectivity index (χ3n) is 4.62. The zero-order valence-electron chi connectivity index (χ0n) is 13.0. The van der Waals surface area contributed by atoms with Gasteiger partial charge in [-0.3, -0.25) is 4.79 Å². The van der Waals surface area contributed by atoms with Crippen molar-refractivity contribution < 1.29 is 18.3 Å². The molecule has 0 atom stereocenters. The lowest BCUT2D eigenvalue weighted by molar-refractivity contribution is -0.123. The van der Waals surface area contributed by atoms with Gasteiger partial charge >= 0.3 is 0 Å². The monoisotopic (exact) mass is 332 g/mol. The molecular formula is C18H18F2N2O2. The fourth-order valence-corrected chi connectivity index (χ4v) is 3.25. The number of rotatable bonds is 4. The summed E-state index contributed by atoms with van der Waals surface area (Å²) in [4.78, 5) is 11.9. The number of carbonyl (C=O) groups is 1. The number of amides is 1. The molecule has 1 aliphatic rings. The molecule has 1 aliphatic carbocycles. The molecule has 0 radical (unpaired) electrons. The molecule has 4 nitrogen and oxygen atoms in total. The molecule has 3 rings (SSSR count). The van der Waals surface area contributed by atoms with Gasteiger partial charge in [0.1, 0.15) is 17.2 Å². The minimum atomic E-state index is -0.875. The molecule has 1 saturated carbocycles. The molecule has 1 amide bonds. The van der Waals surface area contributed by atoms with Crippen LogP contribution < -0.4 is 16.2 Å². The summed E-state index contributed by atoms with van der Waals surface area (Å²) in [5.41, 5.74) is 10.5. The van der Waals surface area contributed by atoms with E-state index in [-0.39, 0.29) is 11.7 Å². The standard InChI is InChI=1S/C18H18F2N2O2/c19-14-9-13(10-15(20)16(14)21)24-12-5-3-11(4-6-12)18(17(22)23)7-1-2-8-18/h3-6,9-10H,1-2,7-8,21H2,(H2,22,23). The Kier molecular flexibility index (Phi) is 4.13. The van der Waals surface area contributed by atoms with Gasteiger partial charge in [0, 0.05) is 12.1 Å². The summed E-state index contributed by atoms with van der Waals surface area (Å²) < 4.78 is 32.4. The van der Waals surface area contributed by atoms with Crippen molar-refractivity contribution in [3.63, 3.8) is 0 Å². The molecule has 6 heteroatoms. The molecule has 1 fully saturated rings. The summed E-state index contributed by atoms with van der Waals surface area (Å²) in [6.07, 6.45) is 3.39. The van der Waals surface area contributed by atoms with Crippen molar-refractivity contribution >= 4 is 11.6 Å². The molecule has 126 valence electrons. The van der Waals surface area contributed by atoms with Crippen molar-refractivity contribution in [1.29, 1.82) is 0 Å². The Morgan fingerprint density at radius 3 is 2.04 bits per heavy atom. The average Bonchev–Trinajstić information content (AvgIpc) is 3.04. The van der Waals surface area contributed by atoms with Gasteiger partial charge in [-0.2, -0.15) is 0 Å². The Bertz CT molecular complexity index is 746. The van der Waals surface area contributed by atoms with Crippen molar-refractivity contribution in [2.45, 2.75) is 31.1 Å². The predicted octanol–water partition coefficient (Wildman–Crippen LogP) is 3.64. The SMILES string of the molecule is NC(=O)C1(c2ccc(Oc3cc(F)c(N)c(F)c3)cc2)CCCC1. The number of anilines is 1. The average molecular weight is 332 g/mol. The molecule has 0 saturated heterocycles. The van der Waals surface area contributed by atoms with E-state index < -0.39 is 22.7 Å². The third-order valence-corrected chi connectivity index (χ3v) is 4.62. The Morgan fingerprint density at radius 2 is 1.54 bits per heavy atom. The lowest BCUT2D eigenvalue weighted by atomic mass is 9.78. The molecule has 0 bridgehead atoms. The zero-order chi connectivity index (χ0) is 17.3. The van der Waals surface area contributed by atoms with Crippen LogP contribution in [0.3, 0.4) is 0 Å². The van der Waals surface area contributed by atoms with E-state index in [9.17, 15) is 13.6 Å². The van der Waals surface area contributed by atoms with E-state index in [0.29, 0.717) is 5.75 Å². The fraction of sp³-hybridized carbons (Fsp3) is 0.278. The first-order valence-corrected chi connectivity index (χ1v) is 7.75. The van der Waals surface area contributed by atoms with Crippen molar-refractivity contribution in [2.75, 3.05) is 5.73 Å². The molecule has 0 heterocycles. The number of nitrogen functional groups attached to an aromatic ring is 1. The van der Waals surface area contributed by atoms with Crippen LogP contribution >= 0.6 is 0 Å². The van der Waals surface area contributed by atoms with Crippen LogP contribution in [0.5, 0.6) is 11.5 Å². The normalized spacial score (nSPS) is 16.1. The number of hydrogen-bond donors (Lipinski definition) is 2. The number of carbonyl (C=O) groups excluding carboxylic acids is 1. The smallest absolute Gasteiger partial charge is 0.228 e. The first-order chi connectivity index (χ1) is 11.4. The van der Waals surface area contributed by atoms with Crippen molar-refractivity contribution in [2.24, 2.45) is 5.73 Å². The summed E-state index contributed by atoms with van der Waals surface area (Å²) in [6.45, 7) is 0. The van der Waals surface area contributed by atoms with Crippen LogP contribution in [0, 0.1) is 11.6 Å². The van der Waals surface area contributed by atoms with Gasteiger partial charge in [-0.1, -0.05) is 25.0 Å². The Morgan fingerprint density at radius 1 is 1.00 bits per heavy atom. The first-order valence-electron chi connectivity index (χ1n) is 7.75. The highest BCUT2D eigenvalue weighted by Gasteiger charge is 2.41. The molecule has 0 aliphatic heterocycles. The summed E-state index contributed by atoms with van der Waals surface area (Å²) in [5.74, 6) is -1.66. The Labute approximate surface area is 138 Å². The maximum absolute atomic E-state index is 13.5. The molecule has 2 aromatic rings. The number of ether oxygens (including phenoxy) is 1. The van der Waals surface area contributed by atoms with Crippen LogP contribution in [0.15, 0.2) is 36.4 Å². The zero-order valence-corrected chi connectivity index (χ0v) is 13.0. The van der Waals surface area contributed by atoms with Gasteiger partial charge < -0.3 is 16.2 Å². The van der Waals surface area contributed by atoms with E-state index in [1.54, 1.807) is 24.3 Å². The number of nitrogens with two attached hydrogens (primary N) is 2. The number of benzene rings is 2. The van der Waals surface area contributed by atoms with Crippen LogP contribution in [0.2, 0.25) is 0 Å². The first kappa shape index (κ1) is 16.2. The molecule has 2 aromatic carbocycles. The van der Waals surface area contributed by atoms with Gasteiger partial charge in [-0.25, -0.2) is 8.78 Å². The Balaban J connectivity index is 1.84. The third kappa shape index (κ3) is 2.79. The Hall–Kier alpha value is -2.63. The van der Waals surface area contributed by atoms with Crippen LogP contribution in [0.25, 0.3) is 0 Å². The highest BCUT2D eigenvalue weighted by molar-refractivity contribution is 5.87. The highest BCUT2D eigenvalue weighted by Crippen LogP contribution is 2.41. The minimum absolute atomic E-state index is 0.0115. The second kappa shape index (κ2) is 6.11. The number of hydrogen-bond acceptors (Lipinski definition) is 3. The molecule has 0 unspecified atom stereocenters. The van der Waals surface area contributed by atoms with E-state index in [1.165, 1.54) is 0 Å². The van der Waals surface area contributed by atoms with Crippen LogP contribution in [-0.4, -0.2) is 5.91 Å². The van der Waals surface area contributed by atoms with E-state index in [2.05, 4.69) is 0 Å². The van der Waals surface area contributed by atoms with Gasteiger partial charge in [0.2, 0.25) is 5.91 Å². The van der Waals surface area contributed by atoms with Gasteiger partial charge in [0.05, 0.1) is 5.41 Å². The quantitative estimate of drug-likeness (QED) is 0.839. The van der Waals surface area contributed by atoms with Gasteiger partial charge in [-0.05, 0) is 30.5 Å². The number of primary amides is 1. The van der Waals surface area contributed by atoms with Gasteiger partial charge in [0.25, 0.3) is 0 Å². The largest absolute Gasteiger partial charge is 0.457 e. The van der Waals surface area contributed by atoms with E-state index >= 15 is 0 Å².